The van der Waals surface area contributed by atoms with E-state index in [1.165, 1.54) is 0 Å². The molecule has 136 valence electrons. The first-order valence-corrected chi connectivity index (χ1v) is 9.00. The molecule has 1 aromatic heterocycles. The highest BCUT2D eigenvalue weighted by molar-refractivity contribution is 5.78. The molecule has 1 aromatic carbocycles. The molecular formula is C18H28N6O. The van der Waals surface area contributed by atoms with Crippen LogP contribution < -0.4 is 11.1 Å². The number of nitrogens with zero attached hydrogens (tertiary/aromatic N) is 4. The van der Waals surface area contributed by atoms with Crippen LogP contribution >= 0.6 is 0 Å². The maximum absolute atomic E-state index is 5.96. The highest BCUT2D eigenvalue weighted by Crippen LogP contribution is 2.14. The lowest BCUT2D eigenvalue weighted by molar-refractivity contribution is 0.0377. The monoisotopic (exact) mass is 344 g/mol. The lowest BCUT2D eigenvalue weighted by atomic mass is 10.3. The quantitative estimate of drug-likeness (QED) is 0.444. The first-order valence-electron chi connectivity index (χ1n) is 9.00. The number of hydrogen-bond donors (Lipinski definition) is 2. The van der Waals surface area contributed by atoms with Crippen LogP contribution in [0.4, 0.5) is 0 Å². The minimum Gasteiger partial charge on any atom is -0.379 e. The van der Waals surface area contributed by atoms with Gasteiger partial charge in [-0.1, -0.05) is 12.1 Å². The van der Waals surface area contributed by atoms with Crippen LogP contribution in [-0.4, -0.2) is 66.3 Å². The number of nitrogens with two attached hydrogens (primary N) is 1. The Morgan fingerprint density at radius 2 is 2.08 bits per heavy atom. The van der Waals surface area contributed by atoms with E-state index in [1.54, 1.807) is 0 Å². The number of guanidine groups is 1. The molecule has 0 saturated carbocycles. The smallest absolute Gasteiger partial charge is 0.188 e. The third-order valence-electron chi connectivity index (χ3n) is 4.51. The summed E-state index contributed by atoms with van der Waals surface area (Å²) in [6.45, 7) is 9.12. The number of fused-ring (bicyclic) bond motifs is 1. The summed E-state index contributed by atoms with van der Waals surface area (Å²) in [5.74, 6) is 1.54. The zero-order valence-electron chi connectivity index (χ0n) is 14.9. The molecule has 1 saturated heterocycles. The number of benzene rings is 1. The molecule has 0 spiro atoms. The number of aryl methyl sites for hydroxylation is 1. The van der Waals surface area contributed by atoms with E-state index in [4.69, 9.17) is 10.5 Å². The average Bonchev–Trinajstić information content (AvgIpc) is 2.95. The molecule has 1 fully saturated rings. The number of rotatable bonds is 7. The molecular weight excluding hydrogens is 316 g/mol. The number of para-hydroxylation sites is 2. The number of imidazole rings is 1. The number of nitrogens with one attached hydrogen (secondary N) is 1. The van der Waals surface area contributed by atoms with Crippen molar-refractivity contribution in [1.82, 2.24) is 19.8 Å². The highest BCUT2D eigenvalue weighted by atomic mass is 16.5. The minimum atomic E-state index is 0.518. The van der Waals surface area contributed by atoms with Crippen LogP contribution in [0.5, 0.6) is 0 Å². The van der Waals surface area contributed by atoms with Gasteiger partial charge in [-0.15, -0.1) is 0 Å². The number of morpholine rings is 1. The normalized spacial score (nSPS) is 16.4. The predicted octanol–water partition coefficient (Wildman–Crippen LogP) is 0.971. The summed E-state index contributed by atoms with van der Waals surface area (Å²) < 4.78 is 7.55. The fraction of sp³-hybridized carbons (Fsp3) is 0.556. The van der Waals surface area contributed by atoms with Gasteiger partial charge in [0.2, 0.25) is 0 Å². The summed E-state index contributed by atoms with van der Waals surface area (Å²) >= 11 is 0. The Hall–Kier alpha value is -2.12. The summed E-state index contributed by atoms with van der Waals surface area (Å²) in [4.78, 5) is 11.4. The van der Waals surface area contributed by atoms with Gasteiger partial charge in [0.05, 0.1) is 24.2 Å². The summed E-state index contributed by atoms with van der Waals surface area (Å²) in [6, 6.07) is 8.19. The molecule has 3 rings (SSSR count). The first-order chi connectivity index (χ1) is 12.2. The number of aromatic nitrogens is 2. The van der Waals surface area contributed by atoms with Gasteiger partial charge in [0.25, 0.3) is 0 Å². The van der Waals surface area contributed by atoms with Crippen LogP contribution in [0.1, 0.15) is 12.2 Å². The van der Waals surface area contributed by atoms with Crippen LogP contribution in [0.25, 0.3) is 11.0 Å². The highest BCUT2D eigenvalue weighted by Gasteiger charge is 2.09. The van der Waals surface area contributed by atoms with E-state index < -0.39 is 0 Å². The Balaban J connectivity index is 1.39. The van der Waals surface area contributed by atoms with Gasteiger partial charge in [-0.05, 0) is 25.5 Å². The maximum Gasteiger partial charge on any atom is 0.188 e. The fourth-order valence-corrected chi connectivity index (χ4v) is 3.15. The number of aliphatic imine (C=N–C) groups is 1. The standard InChI is InChI=1S/C18H28N6O/c1-15-22-16-5-2-3-6-17(16)24(15)10-8-21-18(19)20-7-4-9-23-11-13-25-14-12-23/h2-3,5-6H,4,7-14H2,1H3,(H3,19,20,21). The lowest BCUT2D eigenvalue weighted by Gasteiger charge is -2.26. The second-order valence-electron chi connectivity index (χ2n) is 6.30. The number of ether oxygens (including phenoxy) is 1. The van der Waals surface area contributed by atoms with E-state index in [0.29, 0.717) is 5.96 Å². The molecule has 0 radical (unpaired) electrons. The first kappa shape index (κ1) is 17.7. The minimum absolute atomic E-state index is 0.518. The van der Waals surface area contributed by atoms with E-state index in [9.17, 15) is 0 Å². The number of hydrogen-bond acceptors (Lipinski definition) is 4. The van der Waals surface area contributed by atoms with E-state index in [2.05, 4.69) is 30.8 Å². The Kier molecular flexibility index (Phi) is 6.25. The average molecular weight is 344 g/mol. The van der Waals surface area contributed by atoms with E-state index in [1.807, 2.05) is 25.1 Å². The Morgan fingerprint density at radius 1 is 1.28 bits per heavy atom. The Bertz CT molecular complexity index is 705. The molecule has 0 aliphatic carbocycles. The predicted molar refractivity (Wildman–Crippen MR) is 101 cm³/mol. The Labute approximate surface area is 148 Å². The third kappa shape index (κ3) is 4.93. The maximum atomic E-state index is 5.96. The molecule has 7 heteroatoms. The summed E-state index contributed by atoms with van der Waals surface area (Å²) in [6.07, 6.45) is 1.02. The van der Waals surface area contributed by atoms with Gasteiger partial charge >= 0.3 is 0 Å². The van der Waals surface area contributed by atoms with Crippen molar-refractivity contribution in [2.24, 2.45) is 10.7 Å². The van der Waals surface area contributed by atoms with Crippen LogP contribution in [0.2, 0.25) is 0 Å². The van der Waals surface area contributed by atoms with Crippen molar-refractivity contribution in [2.45, 2.75) is 19.9 Å². The SMILES string of the molecule is Cc1nc2ccccc2n1CCNC(N)=NCCCN1CCOCC1. The third-order valence-corrected chi connectivity index (χ3v) is 4.51. The summed E-state index contributed by atoms with van der Waals surface area (Å²) in [5, 5.41) is 3.20. The zero-order chi connectivity index (χ0) is 17.5. The molecule has 7 nitrogen and oxygen atoms in total. The van der Waals surface area contributed by atoms with Gasteiger partial charge in [0.1, 0.15) is 5.82 Å². The topological polar surface area (TPSA) is 80.7 Å². The van der Waals surface area contributed by atoms with Gasteiger partial charge in [-0.25, -0.2) is 4.98 Å². The molecule has 1 aliphatic rings. The van der Waals surface area contributed by atoms with Crippen molar-refractivity contribution in [3.8, 4) is 0 Å². The van der Waals surface area contributed by atoms with Crippen LogP contribution in [0, 0.1) is 6.92 Å². The summed E-state index contributed by atoms with van der Waals surface area (Å²) in [7, 11) is 0. The van der Waals surface area contributed by atoms with Gasteiger partial charge < -0.3 is 20.4 Å². The molecule has 0 unspecified atom stereocenters. The van der Waals surface area contributed by atoms with Crippen molar-refractivity contribution in [3.05, 3.63) is 30.1 Å². The fourth-order valence-electron chi connectivity index (χ4n) is 3.15. The largest absolute Gasteiger partial charge is 0.379 e. The second-order valence-corrected chi connectivity index (χ2v) is 6.30. The van der Waals surface area contributed by atoms with Crippen LogP contribution in [-0.2, 0) is 11.3 Å². The molecule has 2 aromatic rings. The van der Waals surface area contributed by atoms with Gasteiger partial charge in [-0.3, -0.25) is 9.89 Å². The molecule has 0 amide bonds. The van der Waals surface area contributed by atoms with E-state index in [-0.39, 0.29) is 0 Å². The Morgan fingerprint density at radius 3 is 2.92 bits per heavy atom. The second kappa shape index (κ2) is 8.82. The van der Waals surface area contributed by atoms with Crippen molar-refractivity contribution >= 4 is 17.0 Å². The molecule has 1 aliphatic heterocycles. The van der Waals surface area contributed by atoms with E-state index in [0.717, 1.165) is 75.8 Å². The van der Waals surface area contributed by atoms with Gasteiger partial charge in [0.15, 0.2) is 5.96 Å². The lowest BCUT2D eigenvalue weighted by Crippen LogP contribution is -2.37. The van der Waals surface area contributed by atoms with Crippen LogP contribution in [0.15, 0.2) is 29.3 Å². The van der Waals surface area contributed by atoms with Gasteiger partial charge in [-0.2, -0.15) is 0 Å². The van der Waals surface area contributed by atoms with Crippen molar-refractivity contribution in [2.75, 3.05) is 45.9 Å². The summed E-state index contributed by atoms with van der Waals surface area (Å²) in [5.41, 5.74) is 8.15. The molecule has 25 heavy (non-hydrogen) atoms. The molecule has 0 bridgehead atoms. The van der Waals surface area contributed by atoms with Crippen molar-refractivity contribution in [1.29, 1.82) is 0 Å². The van der Waals surface area contributed by atoms with Gasteiger partial charge in [0, 0.05) is 39.3 Å². The van der Waals surface area contributed by atoms with E-state index >= 15 is 0 Å². The molecule has 0 atom stereocenters. The van der Waals surface area contributed by atoms with Crippen molar-refractivity contribution in [3.63, 3.8) is 0 Å². The zero-order valence-corrected chi connectivity index (χ0v) is 14.9. The molecule has 3 N–H and O–H groups in total. The molecule has 2 heterocycles. The van der Waals surface area contributed by atoms with Crippen LogP contribution in [0.3, 0.4) is 0 Å². The van der Waals surface area contributed by atoms with Crippen molar-refractivity contribution < 1.29 is 4.74 Å².